The highest BCUT2D eigenvalue weighted by molar-refractivity contribution is 6.32. The monoisotopic (exact) mass is 799 g/mol. The average molecular weight is 800 g/mol. The lowest BCUT2D eigenvalue weighted by Crippen LogP contribution is -2.54. The zero-order chi connectivity index (χ0) is 40.7. The second kappa shape index (κ2) is 16.2. The van der Waals surface area contributed by atoms with Gasteiger partial charge in [0.05, 0.1) is 39.6 Å². The highest BCUT2D eigenvalue weighted by atomic mass is 35.5. The van der Waals surface area contributed by atoms with Gasteiger partial charge in [-0.1, -0.05) is 48.6 Å². The van der Waals surface area contributed by atoms with Gasteiger partial charge >= 0.3 is 0 Å². The van der Waals surface area contributed by atoms with E-state index < -0.39 is 35.5 Å². The molecule has 5 heterocycles. The first-order valence-corrected chi connectivity index (χ1v) is 20.3. The summed E-state index contributed by atoms with van der Waals surface area (Å²) in [6.07, 6.45) is 4.55. The van der Waals surface area contributed by atoms with Crippen molar-refractivity contribution in [2.24, 2.45) is 5.92 Å². The molecule has 3 saturated heterocycles. The minimum atomic E-state index is -1.09. The maximum Gasteiger partial charge on any atom is 0.262 e. The molecule has 0 spiro atoms. The van der Waals surface area contributed by atoms with Crippen LogP contribution in [0.1, 0.15) is 94.1 Å². The quantitative estimate of drug-likeness (QED) is 0.171. The minimum absolute atomic E-state index is 0.0233. The van der Waals surface area contributed by atoms with Crippen molar-refractivity contribution in [2.75, 3.05) is 31.1 Å². The third-order valence-corrected chi connectivity index (χ3v) is 12.4. The van der Waals surface area contributed by atoms with Crippen molar-refractivity contribution in [1.29, 1.82) is 5.26 Å². The molecule has 8 rings (SSSR count). The maximum absolute atomic E-state index is 15.5. The molecule has 58 heavy (non-hydrogen) atoms. The van der Waals surface area contributed by atoms with Crippen LogP contribution in [0.3, 0.4) is 0 Å². The number of nitriles is 1. The van der Waals surface area contributed by atoms with Gasteiger partial charge in [-0.2, -0.15) is 10.4 Å². The van der Waals surface area contributed by atoms with E-state index in [-0.39, 0.29) is 29.7 Å². The lowest BCUT2D eigenvalue weighted by molar-refractivity contribution is -0.136. The summed E-state index contributed by atoms with van der Waals surface area (Å²) in [5.74, 6) is 4.16. The molecule has 1 unspecified atom stereocenters. The van der Waals surface area contributed by atoms with Gasteiger partial charge in [0.25, 0.3) is 11.8 Å². The van der Waals surface area contributed by atoms with E-state index in [2.05, 4.69) is 66.2 Å². The third-order valence-electron chi connectivity index (χ3n) is 12.1. The Morgan fingerprint density at radius 2 is 1.62 bits per heavy atom. The van der Waals surface area contributed by atoms with E-state index in [1.165, 1.54) is 6.07 Å². The fourth-order valence-corrected chi connectivity index (χ4v) is 9.02. The van der Waals surface area contributed by atoms with Crippen LogP contribution in [-0.2, 0) is 22.6 Å². The predicted molar refractivity (Wildman–Crippen MR) is 217 cm³/mol. The van der Waals surface area contributed by atoms with Gasteiger partial charge in [-0.3, -0.25) is 34.1 Å². The number of benzene rings is 3. The van der Waals surface area contributed by atoms with E-state index in [0.29, 0.717) is 42.2 Å². The number of hydrogen-bond acceptors (Lipinski definition) is 8. The molecule has 0 aliphatic carbocycles. The molecule has 11 nitrogen and oxygen atoms in total. The second-order valence-corrected chi connectivity index (χ2v) is 15.9. The zero-order valence-corrected chi connectivity index (χ0v) is 33.2. The Balaban J connectivity index is 0.833. The van der Waals surface area contributed by atoms with Crippen LogP contribution in [0.2, 0.25) is 5.02 Å². The second-order valence-electron chi connectivity index (χ2n) is 15.5. The Morgan fingerprint density at radius 1 is 0.914 bits per heavy atom. The molecule has 296 valence electrons. The number of rotatable bonds is 7. The fraction of sp³-hybridized carbons (Fsp3) is 0.378. The van der Waals surface area contributed by atoms with Crippen molar-refractivity contribution < 1.29 is 23.6 Å². The standard InChI is InChI=1S/C45H43ClFN7O4/c1-3-34-27(2)53(50-42(34)31-10-11-32(25-48)37(46)22-31)26-30-8-6-28(7-9-30)4-5-29-14-18-51(19-15-29)33-16-20-52(21-17-33)40-24-36-35(23-38(40)47)44(57)54(45(36)58)39-12-13-41(55)49-43(39)56/h6-11,22-24,29,33,39H,3,12-21,26H2,1-2H3,(H,49,55,56). The van der Waals surface area contributed by atoms with E-state index in [9.17, 15) is 24.4 Å². The van der Waals surface area contributed by atoms with E-state index in [4.69, 9.17) is 16.7 Å². The van der Waals surface area contributed by atoms with Gasteiger partial charge < -0.3 is 9.80 Å². The number of likely N-dealkylation sites (tertiary alicyclic amines) is 1. The van der Waals surface area contributed by atoms with Crippen molar-refractivity contribution in [1.82, 2.24) is 24.9 Å². The number of nitrogens with zero attached hydrogens (tertiary/aromatic N) is 6. The van der Waals surface area contributed by atoms with Gasteiger partial charge in [-0.15, -0.1) is 0 Å². The first-order chi connectivity index (χ1) is 28.0. The number of amides is 4. The molecule has 4 aliphatic rings. The van der Waals surface area contributed by atoms with Gasteiger partial charge in [0.1, 0.15) is 17.9 Å². The normalized spacial score (nSPS) is 19.2. The number of nitrogens with one attached hydrogen (secondary N) is 1. The number of carbonyl (C=O) groups is 4. The van der Waals surface area contributed by atoms with E-state index in [1.54, 1.807) is 6.07 Å². The zero-order valence-electron chi connectivity index (χ0n) is 32.5. The molecule has 0 saturated carbocycles. The van der Waals surface area contributed by atoms with E-state index in [1.807, 2.05) is 21.7 Å². The summed E-state index contributed by atoms with van der Waals surface area (Å²) in [5.41, 5.74) is 6.91. The predicted octanol–water partition coefficient (Wildman–Crippen LogP) is 6.27. The van der Waals surface area contributed by atoms with Crippen molar-refractivity contribution in [3.63, 3.8) is 0 Å². The summed E-state index contributed by atoms with van der Waals surface area (Å²) in [6, 6.07) is 17.7. The number of anilines is 1. The van der Waals surface area contributed by atoms with Crippen molar-refractivity contribution in [3.05, 3.63) is 105 Å². The van der Waals surface area contributed by atoms with Gasteiger partial charge in [0, 0.05) is 53.9 Å². The third kappa shape index (κ3) is 7.50. The Hall–Kier alpha value is -5.82. The number of fused-ring (bicyclic) bond motifs is 1. The van der Waals surface area contributed by atoms with Crippen LogP contribution in [-0.4, -0.2) is 81.5 Å². The van der Waals surface area contributed by atoms with Gasteiger partial charge in [-0.25, -0.2) is 4.39 Å². The van der Waals surface area contributed by atoms with Crippen LogP contribution in [0.4, 0.5) is 10.1 Å². The van der Waals surface area contributed by atoms with Gasteiger partial charge in [0.15, 0.2) is 0 Å². The van der Waals surface area contributed by atoms with Gasteiger partial charge in [-0.05, 0) is 100 Å². The molecule has 0 bridgehead atoms. The Bertz CT molecular complexity index is 2430. The average Bonchev–Trinajstić information content (AvgIpc) is 3.67. The SMILES string of the molecule is CCc1c(-c2ccc(C#N)c(Cl)c2)nn(Cc2ccc(C#CC3CCN(C4CCN(c5cc6c(cc5F)C(=O)N(C5CCC(=O)NC5=O)C6=O)CC4)CC3)cc2)c1C. The number of hydrogen-bond donors (Lipinski definition) is 1. The first-order valence-electron chi connectivity index (χ1n) is 19.9. The van der Waals surface area contributed by atoms with Crippen LogP contribution >= 0.6 is 11.6 Å². The Morgan fingerprint density at radius 3 is 2.28 bits per heavy atom. The van der Waals surface area contributed by atoms with Crippen LogP contribution in [0.5, 0.6) is 0 Å². The fourth-order valence-electron chi connectivity index (χ4n) is 8.80. The number of carbonyl (C=O) groups excluding carboxylic acids is 4. The summed E-state index contributed by atoms with van der Waals surface area (Å²) < 4.78 is 17.5. The number of imide groups is 2. The number of aromatic nitrogens is 2. The molecule has 4 aliphatic heterocycles. The lowest BCUT2D eigenvalue weighted by Gasteiger charge is -2.42. The van der Waals surface area contributed by atoms with E-state index in [0.717, 1.165) is 89.8 Å². The van der Waals surface area contributed by atoms with Crippen LogP contribution in [0.25, 0.3) is 11.3 Å². The lowest BCUT2D eigenvalue weighted by atomic mass is 9.93. The topological polar surface area (TPSA) is 132 Å². The molecule has 4 aromatic rings. The molecule has 1 N–H and O–H groups in total. The molecule has 1 atom stereocenters. The number of piperidine rings is 3. The molecular formula is C45H43ClFN7O4. The summed E-state index contributed by atoms with van der Waals surface area (Å²) >= 11 is 6.34. The Kier molecular flexibility index (Phi) is 10.9. The molecule has 13 heteroatoms. The summed E-state index contributed by atoms with van der Waals surface area (Å²) in [6.45, 7) is 7.95. The first kappa shape index (κ1) is 39.0. The van der Waals surface area contributed by atoms with E-state index >= 15 is 4.39 Å². The molecular weight excluding hydrogens is 757 g/mol. The van der Waals surface area contributed by atoms with Crippen molar-refractivity contribution in [3.8, 4) is 29.2 Å². The highest BCUT2D eigenvalue weighted by Crippen LogP contribution is 2.35. The summed E-state index contributed by atoms with van der Waals surface area (Å²) in [5, 5.41) is 16.8. The van der Waals surface area contributed by atoms with Crippen LogP contribution in [0, 0.1) is 41.8 Å². The summed E-state index contributed by atoms with van der Waals surface area (Å²) in [4.78, 5) is 55.8. The molecule has 3 aromatic carbocycles. The smallest absolute Gasteiger partial charge is 0.262 e. The maximum atomic E-state index is 15.5. The minimum Gasteiger partial charge on any atom is -0.369 e. The number of halogens is 2. The van der Waals surface area contributed by atoms with Crippen LogP contribution < -0.4 is 10.2 Å². The largest absolute Gasteiger partial charge is 0.369 e. The Labute approximate surface area is 341 Å². The van der Waals surface area contributed by atoms with Crippen molar-refractivity contribution in [2.45, 2.75) is 77.4 Å². The molecule has 4 amide bonds. The molecule has 0 radical (unpaired) electrons. The van der Waals surface area contributed by atoms with Crippen molar-refractivity contribution >= 4 is 40.9 Å². The van der Waals surface area contributed by atoms with Crippen LogP contribution in [0.15, 0.2) is 54.6 Å². The molecule has 1 aromatic heterocycles. The summed E-state index contributed by atoms with van der Waals surface area (Å²) in [7, 11) is 0. The van der Waals surface area contributed by atoms with Gasteiger partial charge in [0.2, 0.25) is 11.8 Å². The molecule has 3 fully saturated rings. The highest BCUT2D eigenvalue weighted by Gasteiger charge is 2.45.